The number of carbonyl (C=O) groups is 2. The van der Waals surface area contributed by atoms with Gasteiger partial charge in [-0.25, -0.2) is 0 Å². The minimum Gasteiger partial charge on any atom is -0.336 e. The van der Waals surface area contributed by atoms with Crippen LogP contribution in [0, 0.1) is 12.8 Å². The summed E-state index contributed by atoms with van der Waals surface area (Å²) < 4.78 is 0. The lowest BCUT2D eigenvalue weighted by Crippen LogP contribution is -2.42. The third-order valence-electron chi connectivity index (χ3n) is 3.27. The van der Waals surface area contributed by atoms with Crippen LogP contribution < -0.4 is 11.1 Å². The van der Waals surface area contributed by atoms with Crippen molar-refractivity contribution >= 4 is 29.9 Å². The van der Waals surface area contributed by atoms with E-state index in [-0.39, 0.29) is 42.7 Å². The van der Waals surface area contributed by atoms with Crippen molar-refractivity contribution in [2.45, 2.75) is 26.8 Å². The predicted molar refractivity (Wildman–Crippen MR) is 87.5 cm³/mol. The van der Waals surface area contributed by atoms with E-state index in [1.165, 1.54) is 4.90 Å². The highest BCUT2D eigenvalue weighted by molar-refractivity contribution is 5.94. The first kappa shape index (κ1) is 19.4. The summed E-state index contributed by atoms with van der Waals surface area (Å²) in [6.07, 6.45) is 0. The zero-order chi connectivity index (χ0) is 15.3. The van der Waals surface area contributed by atoms with Gasteiger partial charge in [0.05, 0.1) is 12.5 Å². The van der Waals surface area contributed by atoms with Crippen LogP contribution in [0.2, 0.25) is 0 Å². The molecule has 0 aromatic heterocycles. The highest BCUT2D eigenvalue weighted by Crippen LogP contribution is 2.09. The fourth-order valence-electron chi connectivity index (χ4n) is 1.70. The average molecular weight is 314 g/mol. The second-order valence-corrected chi connectivity index (χ2v) is 5.26. The number of hydrogen-bond acceptors (Lipinski definition) is 3. The van der Waals surface area contributed by atoms with Crippen molar-refractivity contribution in [1.29, 1.82) is 0 Å². The molecule has 0 radical (unpaired) electrons. The number of halogens is 1. The van der Waals surface area contributed by atoms with E-state index in [1.807, 2.05) is 31.2 Å². The molecule has 2 atom stereocenters. The Balaban J connectivity index is 0.00000400. The van der Waals surface area contributed by atoms with Crippen LogP contribution in [0.4, 0.5) is 5.69 Å². The van der Waals surface area contributed by atoms with Crippen LogP contribution in [0.3, 0.4) is 0 Å². The lowest BCUT2D eigenvalue weighted by Gasteiger charge is -2.23. The zero-order valence-corrected chi connectivity index (χ0v) is 13.7. The number of amides is 2. The third kappa shape index (κ3) is 6.14. The number of benzene rings is 1. The molecule has 1 rings (SSSR count). The molecule has 118 valence electrons. The Hall–Kier alpha value is -1.59. The van der Waals surface area contributed by atoms with E-state index in [0.717, 1.165) is 11.3 Å². The van der Waals surface area contributed by atoms with Gasteiger partial charge in [-0.05, 0) is 26.0 Å². The molecule has 0 spiro atoms. The number of anilines is 1. The molecule has 0 aliphatic carbocycles. The van der Waals surface area contributed by atoms with E-state index < -0.39 is 0 Å². The predicted octanol–water partition coefficient (Wildman–Crippen LogP) is 1.80. The number of rotatable bonds is 5. The van der Waals surface area contributed by atoms with Gasteiger partial charge in [0, 0.05) is 18.8 Å². The summed E-state index contributed by atoms with van der Waals surface area (Å²) in [6.45, 7) is 5.54. The molecule has 0 fully saturated rings. The minimum atomic E-state index is -0.299. The number of carbonyl (C=O) groups excluding carboxylic acids is 2. The number of nitrogens with two attached hydrogens (primary N) is 1. The zero-order valence-electron chi connectivity index (χ0n) is 12.9. The van der Waals surface area contributed by atoms with E-state index in [1.54, 1.807) is 20.9 Å². The Kier molecular flexibility index (Phi) is 7.99. The largest absolute Gasteiger partial charge is 0.336 e. The van der Waals surface area contributed by atoms with Gasteiger partial charge < -0.3 is 16.0 Å². The molecule has 0 saturated carbocycles. The van der Waals surface area contributed by atoms with E-state index in [2.05, 4.69) is 5.32 Å². The third-order valence-corrected chi connectivity index (χ3v) is 3.27. The molecule has 0 aliphatic rings. The van der Waals surface area contributed by atoms with E-state index in [4.69, 9.17) is 5.73 Å². The van der Waals surface area contributed by atoms with Crippen LogP contribution >= 0.6 is 12.4 Å². The summed E-state index contributed by atoms with van der Waals surface area (Å²) in [6, 6.07) is 7.27. The summed E-state index contributed by atoms with van der Waals surface area (Å²) in [5, 5.41) is 2.76. The van der Waals surface area contributed by atoms with Gasteiger partial charge in [-0.3, -0.25) is 9.59 Å². The topological polar surface area (TPSA) is 75.4 Å². The minimum absolute atomic E-state index is 0. The molecule has 3 N–H and O–H groups in total. The monoisotopic (exact) mass is 313 g/mol. The molecule has 5 nitrogen and oxygen atoms in total. The number of nitrogens with zero attached hydrogens (tertiary/aromatic N) is 1. The van der Waals surface area contributed by atoms with Crippen molar-refractivity contribution in [3.05, 3.63) is 29.8 Å². The summed E-state index contributed by atoms with van der Waals surface area (Å²) in [4.78, 5) is 25.3. The van der Waals surface area contributed by atoms with Gasteiger partial charge in [-0.1, -0.05) is 24.6 Å². The fraction of sp³-hybridized carbons (Fsp3) is 0.467. The highest BCUT2D eigenvalue weighted by atomic mass is 35.5. The van der Waals surface area contributed by atoms with Gasteiger partial charge in [0.2, 0.25) is 11.8 Å². The molecule has 2 unspecified atom stereocenters. The van der Waals surface area contributed by atoms with Crippen LogP contribution in [0.1, 0.15) is 19.4 Å². The van der Waals surface area contributed by atoms with Crippen LogP contribution in [0.15, 0.2) is 24.3 Å². The molecular weight excluding hydrogens is 290 g/mol. The quantitative estimate of drug-likeness (QED) is 0.870. The fourth-order valence-corrected chi connectivity index (χ4v) is 1.70. The van der Waals surface area contributed by atoms with Crippen molar-refractivity contribution in [3.8, 4) is 0 Å². The Morgan fingerprint density at radius 3 is 2.24 bits per heavy atom. The van der Waals surface area contributed by atoms with Crippen molar-refractivity contribution in [3.63, 3.8) is 0 Å². The summed E-state index contributed by atoms with van der Waals surface area (Å²) in [5.41, 5.74) is 7.54. The normalized spacial score (nSPS) is 12.8. The first-order valence-electron chi connectivity index (χ1n) is 6.68. The second-order valence-electron chi connectivity index (χ2n) is 5.26. The Morgan fingerprint density at radius 2 is 1.76 bits per heavy atom. The number of aryl methyl sites for hydroxylation is 1. The number of hydrogen-bond donors (Lipinski definition) is 2. The second kappa shape index (κ2) is 8.64. The molecule has 0 saturated heterocycles. The molecular formula is C15H24ClN3O2. The smallest absolute Gasteiger partial charge is 0.243 e. The van der Waals surface area contributed by atoms with Crippen LogP contribution in [0.5, 0.6) is 0 Å². The molecule has 0 bridgehead atoms. The lowest BCUT2D eigenvalue weighted by molar-refractivity contribution is -0.136. The van der Waals surface area contributed by atoms with Gasteiger partial charge in [0.25, 0.3) is 0 Å². The molecule has 1 aromatic rings. The van der Waals surface area contributed by atoms with Gasteiger partial charge in [-0.2, -0.15) is 0 Å². The standard InChI is InChI=1S/C15H23N3O2.ClH/c1-10-5-7-13(8-6-10)17-14(19)9-18(4)15(20)11(2)12(3)16;/h5-8,11-12H,9,16H2,1-4H3,(H,17,19);1H. The van der Waals surface area contributed by atoms with E-state index >= 15 is 0 Å². The first-order valence-corrected chi connectivity index (χ1v) is 6.68. The van der Waals surface area contributed by atoms with Crippen molar-refractivity contribution < 1.29 is 9.59 Å². The summed E-state index contributed by atoms with van der Waals surface area (Å²) >= 11 is 0. The number of nitrogens with one attached hydrogen (secondary N) is 1. The first-order chi connectivity index (χ1) is 9.31. The van der Waals surface area contributed by atoms with Gasteiger partial charge in [-0.15, -0.1) is 12.4 Å². The Labute approximate surface area is 132 Å². The molecule has 0 aliphatic heterocycles. The van der Waals surface area contributed by atoms with Crippen LogP contribution in [-0.2, 0) is 9.59 Å². The van der Waals surface area contributed by atoms with Gasteiger partial charge in [0.15, 0.2) is 0 Å². The summed E-state index contributed by atoms with van der Waals surface area (Å²) in [7, 11) is 1.61. The highest BCUT2D eigenvalue weighted by Gasteiger charge is 2.22. The molecule has 0 heterocycles. The maximum absolute atomic E-state index is 12.0. The molecule has 1 aromatic carbocycles. The van der Waals surface area contributed by atoms with Gasteiger partial charge >= 0.3 is 0 Å². The average Bonchev–Trinajstić information content (AvgIpc) is 2.39. The van der Waals surface area contributed by atoms with Crippen molar-refractivity contribution in [2.24, 2.45) is 11.7 Å². The Bertz CT molecular complexity index is 474. The van der Waals surface area contributed by atoms with Crippen LogP contribution in [0.25, 0.3) is 0 Å². The maximum Gasteiger partial charge on any atom is 0.243 e. The maximum atomic E-state index is 12.0. The number of likely N-dealkylation sites (N-methyl/N-ethyl adjacent to an activating group) is 1. The van der Waals surface area contributed by atoms with Crippen molar-refractivity contribution in [1.82, 2.24) is 4.90 Å². The van der Waals surface area contributed by atoms with Crippen molar-refractivity contribution in [2.75, 3.05) is 18.9 Å². The lowest BCUT2D eigenvalue weighted by atomic mass is 10.0. The van der Waals surface area contributed by atoms with Gasteiger partial charge in [0.1, 0.15) is 0 Å². The summed E-state index contributed by atoms with van der Waals surface area (Å²) in [5.74, 6) is -0.646. The SMILES string of the molecule is Cc1ccc(NC(=O)CN(C)C(=O)C(C)C(C)N)cc1.Cl. The van der Waals surface area contributed by atoms with E-state index in [0.29, 0.717) is 0 Å². The van der Waals surface area contributed by atoms with E-state index in [9.17, 15) is 9.59 Å². The Morgan fingerprint density at radius 1 is 1.24 bits per heavy atom. The molecule has 21 heavy (non-hydrogen) atoms. The van der Waals surface area contributed by atoms with Crippen LogP contribution in [-0.4, -0.2) is 36.3 Å². The molecule has 2 amide bonds. The molecule has 6 heteroatoms.